The summed E-state index contributed by atoms with van der Waals surface area (Å²) in [5, 5.41) is 22.2. The Hall–Kier alpha value is -3.00. The van der Waals surface area contributed by atoms with E-state index in [1.807, 2.05) is 16.8 Å². The summed E-state index contributed by atoms with van der Waals surface area (Å²) in [6.45, 7) is 0.973. The number of aromatic nitrogens is 5. The van der Waals surface area contributed by atoms with E-state index in [4.69, 9.17) is 4.74 Å². The van der Waals surface area contributed by atoms with Gasteiger partial charge in [-0.25, -0.2) is 9.97 Å². The van der Waals surface area contributed by atoms with Gasteiger partial charge >= 0.3 is 0 Å². The van der Waals surface area contributed by atoms with Crippen molar-refractivity contribution in [3.8, 4) is 28.7 Å². The van der Waals surface area contributed by atoms with E-state index in [9.17, 15) is 5.11 Å². The quantitative estimate of drug-likeness (QED) is 0.731. The first-order chi connectivity index (χ1) is 13.2. The molecule has 0 radical (unpaired) electrons. The van der Waals surface area contributed by atoms with Crippen molar-refractivity contribution in [2.75, 3.05) is 6.54 Å². The molecule has 3 aromatic rings. The number of hydrogen-bond donors (Lipinski definition) is 2. The predicted molar refractivity (Wildman–Crippen MR) is 97.7 cm³/mol. The topological polar surface area (TPSA) is 98.0 Å². The Bertz CT molecular complexity index is 937. The smallest absolute Gasteiger partial charge is 0.252 e. The molecule has 0 bridgehead atoms. The highest BCUT2D eigenvalue weighted by atomic mass is 16.5. The SMILES string of the molecule is Oc1cc(-n2ccnc2)ccc1-c1ncc(OC2CCNC3(CC3)C2)nn1. The van der Waals surface area contributed by atoms with Crippen molar-refractivity contribution < 1.29 is 9.84 Å². The molecule has 2 aromatic heterocycles. The molecule has 5 rings (SSSR count). The average Bonchev–Trinajstić information content (AvgIpc) is 3.20. The summed E-state index contributed by atoms with van der Waals surface area (Å²) in [5.74, 6) is 0.877. The van der Waals surface area contributed by atoms with E-state index in [2.05, 4.69) is 25.5 Å². The van der Waals surface area contributed by atoms with E-state index in [1.165, 1.54) is 12.8 Å². The van der Waals surface area contributed by atoms with E-state index in [0.29, 0.717) is 22.8 Å². The maximum absolute atomic E-state index is 10.4. The van der Waals surface area contributed by atoms with E-state index in [-0.39, 0.29) is 11.9 Å². The number of phenolic OH excluding ortho intramolecular Hbond substituents is 1. The Kier molecular flexibility index (Phi) is 3.78. The summed E-state index contributed by atoms with van der Waals surface area (Å²) >= 11 is 0. The summed E-state index contributed by atoms with van der Waals surface area (Å²) in [4.78, 5) is 8.33. The van der Waals surface area contributed by atoms with Crippen LogP contribution in [0.3, 0.4) is 0 Å². The molecule has 1 aromatic carbocycles. The minimum absolute atomic E-state index is 0.0886. The molecular weight excluding hydrogens is 344 g/mol. The zero-order valence-corrected chi connectivity index (χ0v) is 14.7. The monoisotopic (exact) mass is 364 g/mol. The van der Waals surface area contributed by atoms with Gasteiger partial charge in [0.1, 0.15) is 11.9 Å². The highest BCUT2D eigenvalue weighted by molar-refractivity contribution is 5.65. The van der Waals surface area contributed by atoms with Crippen LogP contribution in [0.2, 0.25) is 0 Å². The molecule has 27 heavy (non-hydrogen) atoms. The molecule has 138 valence electrons. The Morgan fingerprint density at radius 3 is 2.89 bits per heavy atom. The fourth-order valence-corrected chi connectivity index (χ4v) is 3.64. The van der Waals surface area contributed by atoms with Gasteiger partial charge < -0.3 is 19.7 Å². The van der Waals surface area contributed by atoms with Crippen LogP contribution in [0.4, 0.5) is 0 Å². The summed E-state index contributed by atoms with van der Waals surface area (Å²) in [5.41, 5.74) is 1.63. The first-order valence-corrected chi connectivity index (χ1v) is 9.14. The Morgan fingerprint density at radius 1 is 1.26 bits per heavy atom. The second-order valence-electron chi connectivity index (χ2n) is 7.23. The van der Waals surface area contributed by atoms with Crippen molar-refractivity contribution in [3.63, 3.8) is 0 Å². The Morgan fingerprint density at radius 2 is 2.19 bits per heavy atom. The third-order valence-electron chi connectivity index (χ3n) is 5.29. The number of nitrogens with zero attached hydrogens (tertiary/aromatic N) is 5. The van der Waals surface area contributed by atoms with Crippen LogP contribution in [-0.4, -0.2) is 48.0 Å². The van der Waals surface area contributed by atoms with Crippen LogP contribution >= 0.6 is 0 Å². The second kappa shape index (κ2) is 6.31. The van der Waals surface area contributed by atoms with Crippen molar-refractivity contribution in [3.05, 3.63) is 43.1 Å². The maximum Gasteiger partial charge on any atom is 0.252 e. The van der Waals surface area contributed by atoms with Gasteiger partial charge in [0.25, 0.3) is 5.88 Å². The number of aromatic hydroxyl groups is 1. The lowest BCUT2D eigenvalue weighted by atomic mass is 10.00. The van der Waals surface area contributed by atoms with E-state index < -0.39 is 0 Å². The summed E-state index contributed by atoms with van der Waals surface area (Å²) < 4.78 is 7.78. The van der Waals surface area contributed by atoms with Crippen LogP contribution in [0.1, 0.15) is 25.7 Å². The highest BCUT2D eigenvalue weighted by Gasteiger charge is 2.46. The molecule has 2 fully saturated rings. The zero-order chi connectivity index (χ0) is 18.3. The van der Waals surface area contributed by atoms with Crippen molar-refractivity contribution in [1.82, 2.24) is 30.0 Å². The third kappa shape index (κ3) is 3.23. The molecule has 1 spiro atoms. The summed E-state index contributed by atoms with van der Waals surface area (Å²) in [6, 6.07) is 5.29. The van der Waals surface area contributed by atoms with Crippen LogP contribution in [0.15, 0.2) is 43.1 Å². The first-order valence-electron chi connectivity index (χ1n) is 9.14. The fourth-order valence-electron chi connectivity index (χ4n) is 3.64. The largest absolute Gasteiger partial charge is 0.507 e. The van der Waals surface area contributed by atoms with Gasteiger partial charge in [-0.15, -0.1) is 10.2 Å². The number of piperidine rings is 1. The van der Waals surface area contributed by atoms with Crippen LogP contribution in [0, 0.1) is 0 Å². The Labute approximate surface area is 156 Å². The molecule has 8 nitrogen and oxygen atoms in total. The average molecular weight is 364 g/mol. The number of imidazole rings is 1. The van der Waals surface area contributed by atoms with E-state index in [1.54, 1.807) is 30.9 Å². The van der Waals surface area contributed by atoms with Gasteiger partial charge in [-0.2, -0.15) is 0 Å². The number of rotatable bonds is 4. The molecule has 2 aliphatic rings. The standard InChI is InChI=1S/C19H20N6O2/c26-16-9-13(25-8-7-20-12-25)1-2-15(16)18-21-11-17(23-24-18)27-14-3-6-22-19(10-14)4-5-19/h1-2,7-9,11-12,14,22,26H,3-6,10H2. The molecule has 2 N–H and O–H groups in total. The van der Waals surface area contributed by atoms with Crippen LogP contribution in [-0.2, 0) is 0 Å². The van der Waals surface area contributed by atoms with Gasteiger partial charge in [-0.05, 0) is 37.9 Å². The van der Waals surface area contributed by atoms with Gasteiger partial charge in [0.15, 0.2) is 5.82 Å². The minimum Gasteiger partial charge on any atom is -0.507 e. The number of ether oxygens (including phenoxy) is 1. The molecule has 3 heterocycles. The van der Waals surface area contributed by atoms with Gasteiger partial charge in [-0.1, -0.05) is 0 Å². The molecule has 1 saturated carbocycles. The number of hydrogen-bond acceptors (Lipinski definition) is 7. The normalized spacial score (nSPS) is 20.5. The van der Waals surface area contributed by atoms with Gasteiger partial charge in [0.2, 0.25) is 0 Å². The van der Waals surface area contributed by atoms with Gasteiger partial charge in [0, 0.05) is 30.4 Å². The molecule has 1 aliphatic heterocycles. The Balaban J connectivity index is 1.31. The van der Waals surface area contributed by atoms with Gasteiger partial charge in [-0.3, -0.25) is 0 Å². The minimum atomic E-state index is 0.0886. The maximum atomic E-state index is 10.4. The van der Waals surface area contributed by atoms with E-state index >= 15 is 0 Å². The van der Waals surface area contributed by atoms with Gasteiger partial charge in [0.05, 0.1) is 23.8 Å². The highest BCUT2D eigenvalue weighted by Crippen LogP contribution is 2.42. The second-order valence-corrected chi connectivity index (χ2v) is 7.23. The lowest BCUT2D eigenvalue weighted by Gasteiger charge is -2.30. The van der Waals surface area contributed by atoms with Crippen molar-refractivity contribution in [2.24, 2.45) is 0 Å². The predicted octanol–water partition coefficient (Wildman–Crippen LogP) is 2.09. The lowest BCUT2D eigenvalue weighted by molar-refractivity contribution is 0.126. The van der Waals surface area contributed by atoms with Crippen molar-refractivity contribution in [1.29, 1.82) is 0 Å². The molecule has 0 amide bonds. The molecule has 1 unspecified atom stereocenters. The number of nitrogens with one attached hydrogen (secondary N) is 1. The third-order valence-corrected chi connectivity index (χ3v) is 5.29. The van der Waals surface area contributed by atoms with E-state index in [0.717, 1.165) is 25.1 Å². The summed E-state index contributed by atoms with van der Waals surface area (Å²) in [7, 11) is 0. The fraction of sp³-hybridized carbons (Fsp3) is 0.368. The van der Waals surface area contributed by atoms with Crippen LogP contribution in [0.5, 0.6) is 11.6 Å². The van der Waals surface area contributed by atoms with Crippen molar-refractivity contribution >= 4 is 0 Å². The lowest BCUT2D eigenvalue weighted by Crippen LogP contribution is -2.44. The molecule has 1 aliphatic carbocycles. The molecule has 1 atom stereocenters. The van der Waals surface area contributed by atoms with Crippen LogP contribution in [0.25, 0.3) is 17.1 Å². The van der Waals surface area contributed by atoms with Crippen LogP contribution < -0.4 is 10.1 Å². The van der Waals surface area contributed by atoms with Crippen molar-refractivity contribution in [2.45, 2.75) is 37.3 Å². The number of phenols is 1. The molecule has 1 saturated heterocycles. The number of benzene rings is 1. The first kappa shape index (κ1) is 16.2. The summed E-state index contributed by atoms with van der Waals surface area (Å²) in [6.07, 6.45) is 11.3. The molecular formula is C19H20N6O2. The zero-order valence-electron chi connectivity index (χ0n) is 14.7. The molecule has 8 heteroatoms.